The van der Waals surface area contributed by atoms with Gasteiger partial charge in [0.1, 0.15) is 0 Å². The van der Waals surface area contributed by atoms with E-state index in [-0.39, 0.29) is 12.0 Å². The molecular weight excluding hydrogens is 160 g/mol. The van der Waals surface area contributed by atoms with Crippen molar-refractivity contribution in [3.8, 4) is 0 Å². The lowest BCUT2D eigenvalue weighted by Gasteiger charge is -1.94. The number of carbonyl (C=O) groups is 1. The van der Waals surface area contributed by atoms with Crippen LogP contribution in [0.25, 0.3) is 0 Å². The highest BCUT2D eigenvalue weighted by molar-refractivity contribution is 5.66. The normalized spacial score (nSPS) is 9.67. The molecule has 64 valence electrons. The third kappa shape index (κ3) is 2.53. The summed E-state index contributed by atoms with van der Waals surface area (Å²) in [7, 11) is 0. The number of aromatic nitrogens is 2. The molecule has 1 aromatic heterocycles. The molecule has 0 aliphatic heterocycles. The molecule has 0 saturated carbocycles. The van der Waals surface area contributed by atoms with Crippen LogP contribution in [0.5, 0.6) is 0 Å². The van der Waals surface area contributed by atoms with Crippen LogP contribution < -0.4 is 5.56 Å². The highest BCUT2D eigenvalue weighted by Gasteiger charge is 1.99. The molecule has 1 aromatic rings. The van der Waals surface area contributed by atoms with Gasteiger partial charge < -0.3 is 5.11 Å². The predicted octanol–water partition coefficient (Wildman–Crippen LogP) is -0.213. The van der Waals surface area contributed by atoms with Crippen LogP contribution >= 0.6 is 0 Å². The maximum Gasteiger partial charge on any atom is 0.303 e. The SMILES string of the molecule is O=C(O)CCc1ccc(=O)[nH]n1. The molecule has 1 heterocycles. The number of nitrogens with one attached hydrogen (secondary N) is 1. The van der Waals surface area contributed by atoms with E-state index in [0.717, 1.165) is 0 Å². The van der Waals surface area contributed by atoms with Gasteiger partial charge in [-0.25, -0.2) is 5.10 Å². The van der Waals surface area contributed by atoms with Crippen molar-refractivity contribution in [2.45, 2.75) is 12.8 Å². The Kier molecular flexibility index (Phi) is 2.57. The summed E-state index contributed by atoms with van der Waals surface area (Å²) >= 11 is 0. The van der Waals surface area contributed by atoms with Crippen LogP contribution in [0.2, 0.25) is 0 Å². The fourth-order valence-electron chi connectivity index (χ4n) is 0.748. The standard InChI is InChI=1S/C7H8N2O3/c10-6-3-1-5(8-9-6)2-4-7(11)12/h1,3H,2,4H2,(H,9,10)(H,11,12). The van der Waals surface area contributed by atoms with Gasteiger partial charge in [-0.1, -0.05) is 0 Å². The molecule has 2 N–H and O–H groups in total. The van der Waals surface area contributed by atoms with Crippen LogP contribution in [0, 0.1) is 0 Å². The van der Waals surface area contributed by atoms with Gasteiger partial charge >= 0.3 is 5.97 Å². The molecule has 5 heteroatoms. The molecule has 0 radical (unpaired) electrons. The van der Waals surface area contributed by atoms with E-state index in [4.69, 9.17) is 5.11 Å². The van der Waals surface area contributed by atoms with Gasteiger partial charge in [0.2, 0.25) is 0 Å². The third-order valence-electron chi connectivity index (χ3n) is 1.33. The highest BCUT2D eigenvalue weighted by Crippen LogP contribution is 1.94. The molecule has 0 unspecified atom stereocenters. The lowest BCUT2D eigenvalue weighted by Crippen LogP contribution is -2.08. The number of H-pyrrole nitrogens is 1. The molecule has 0 spiro atoms. The number of nitrogens with zero attached hydrogens (tertiary/aromatic N) is 1. The van der Waals surface area contributed by atoms with Crippen molar-refractivity contribution >= 4 is 5.97 Å². The summed E-state index contributed by atoms with van der Waals surface area (Å²) in [6.45, 7) is 0. The molecule has 0 amide bonds. The van der Waals surface area contributed by atoms with E-state index in [1.54, 1.807) is 0 Å². The van der Waals surface area contributed by atoms with Gasteiger partial charge in [0.25, 0.3) is 5.56 Å². The van der Waals surface area contributed by atoms with Crippen LogP contribution in [0.1, 0.15) is 12.1 Å². The Labute approximate surface area is 68.1 Å². The minimum Gasteiger partial charge on any atom is -0.481 e. The number of aryl methyl sites for hydroxylation is 1. The molecule has 0 aromatic carbocycles. The summed E-state index contributed by atoms with van der Waals surface area (Å²) in [5.41, 5.74) is 0.297. The van der Waals surface area contributed by atoms with E-state index in [9.17, 15) is 9.59 Å². The number of hydrogen-bond acceptors (Lipinski definition) is 3. The molecule has 0 atom stereocenters. The second-order valence-electron chi connectivity index (χ2n) is 2.31. The van der Waals surface area contributed by atoms with E-state index in [0.29, 0.717) is 12.1 Å². The van der Waals surface area contributed by atoms with Crippen LogP contribution in [-0.4, -0.2) is 21.3 Å². The molecule has 0 saturated heterocycles. The maximum atomic E-state index is 10.5. The molecule has 0 fully saturated rings. The predicted molar refractivity (Wildman–Crippen MR) is 40.8 cm³/mol. The fraction of sp³-hybridized carbons (Fsp3) is 0.286. The summed E-state index contributed by atoms with van der Waals surface area (Å²) in [4.78, 5) is 20.7. The second kappa shape index (κ2) is 3.66. The third-order valence-corrected chi connectivity index (χ3v) is 1.33. The smallest absolute Gasteiger partial charge is 0.303 e. The van der Waals surface area contributed by atoms with Crippen LogP contribution in [0.15, 0.2) is 16.9 Å². The van der Waals surface area contributed by atoms with Gasteiger partial charge in [0.05, 0.1) is 12.1 Å². The Hall–Kier alpha value is -1.65. The molecule has 5 nitrogen and oxygen atoms in total. The van der Waals surface area contributed by atoms with Gasteiger partial charge in [-0.2, -0.15) is 5.10 Å². The number of aromatic amines is 1. The molecule has 0 aliphatic rings. The molecule has 1 rings (SSSR count). The van der Waals surface area contributed by atoms with Crippen molar-refractivity contribution in [2.24, 2.45) is 0 Å². The van der Waals surface area contributed by atoms with Gasteiger partial charge in [-0.15, -0.1) is 0 Å². The first-order valence-corrected chi connectivity index (χ1v) is 3.45. The zero-order valence-electron chi connectivity index (χ0n) is 6.28. The van der Waals surface area contributed by atoms with Crippen LogP contribution in [0.3, 0.4) is 0 Å². The summed E-state index contributed by atoms with van der Waals surface area (Å²) in [6.07, 6.45) is 0.366. The minimum atomic E-state index is -0.872. The van der Waals surface area contributed by atoms with Crippen LogP contribution in [0.4, 0.5) is 0 Å². The largest absolute Gasteiger partial charge is 0.481 e. The summed E-state index contributed by atoms with van der Waals surface area (Å²) in [5.74, 6) is -0.872. The van der Waals surface area contributed by atoms with Gasteiger partial charge in [-0.05, 0) is 6.07 Å². The average molecular weight is 168 g/mol. The lowest BCUT2D eigenvalue weighted by molar-refractivity contribution is -0.136. The van der Waals surface area contributed by atoms with E-state index in [2.05, 4.69) is 10.2 Å². The Morgan fingerprint density at radius 2 is 2.33 bits per heavy atom. The average Bonchev–Trinajstić information content (AvgIpc) is 2.03. The number of hydrogen-bond donors (Lipinski definition) is 2. The first-order chi connectivity index (χ1) is 5.68. The van der Waals surface area contributed by atoms with Gasteiger partial charge in [0.15, 0.2) is 0 Å². The van der Waals surface area contributed by atoms with Crippen molar-refractivity contribution in [1.82, 2.24) is 10.2 Å². The van der Waals surface area contributed by atoms with Gasteiger partial charge in [-0.3, -0.25) is 9.59 Å². The zero-order valence-corrected chi connectivity index (χ0v) is 6.28. The quantitative estimate of drug-likeness (QED) is 0.654. The highest BCUT2D eigenvalue weighted by atomic mass is 16.4. The Balaban J connectivity index is 2.59. The first-order valence-electron chi connectivity index (χ1n) is 3.45. The van der Waals surface area contributed by atoms with Crippen molar-refractivity contribution in [3.63, 3.8) is 0 Å². The van der Waals surface area contributed by atoms with E-state index in [1.165, 1.54) is 12.1 Å². The zero-order chi connectivity index (χ0) is 8.97. The summed E-state index contributed by atoms with van der Waals surface area (Å²) < 4.78 is 0. The molecular formula is C7H8N2O3. The number of aliphatic carboxylic acids is 1. The molecule has 0 bridgehead atoms. The Morgan fingerprint density at radius 1 is 1.58 bits per heavy atom. The van der Waals surface area contributed by atoms with E-state index < -0.39 is 5.97 Å². The van der Waals surface area contributed by atoms with E-state index >= 15 is 0 Å². The Bertz CT molecular complexity index is 311. The number of rotatable bonds is 3. The van der Waals surface area contributed by atoms with Gasteiger partial charge in [0, 0.05) is 12.5 Å². The van der Waals surface area contributed by atoms with Crippen molar-refractivity contribution in [1.29, 1.82) is 0 Å². The van der Waals surface area contributed by atoms with Crippen LogP contribution in [-0.2, 0) is 11.2 Å². The second-order valence-corrected chi connectivity index (χ2v) is 2.31. The fourth-order valence-corrected chi connectivity index (χ4v) is 0.748. The molecule has 0 aliphatic carbocycles. The van der Waals surface area contributed by atoms with Crippen molar-refractivity contribution in [3.05, 3.63) is 28.2 Å². The Morgan fingerprint density at radius 3 is 2.83 bits per heavy atom. The minimum absolute atomic E-state index is 0.0268. The first kappa shape index (κ1) is 8.45. The number of carboxylic acid groups (broad SMARTS) is 1. The number of carboxylic acids is 1. The topological polar surface area (TPSA) is 83.0 Å². The summed E-state index contributed by atoms with van der Waals surface area (Å²) in [5, 5.41) is 14.2. The molecule has 12 heavy (non-hydrogen) atoms. The van der Waals surface area contributed by atoms with Crippen molar-refractivity contribution < 1.29 is 9.90 Å². The van der Waals surface area contributed by atoms with E-state index in [1.807, 2.05) is 0 Å². The maximum absolute atomic E-state index is 10.5. The lowest BCUT2D eigenvalue weighted by atomic mass is 10.2. The summed E-state index contributed by atoms with van der Waals surface area (Å²) in [6, 6.07) is 2.84. The monoisotopic (exact) mass is 168 g/mol. The van der Waals surface area contributed by atoms with Crippen molar-refractivity contribution in [2.75, 3.05) is 0 Å².